The molecule has 340 valence electrons. The molecule has 0 spiro atoms. The average molecular weight is 828 g/mol. The molecular weight excluding hydrogens is 730 g/mol. The predicted octanol–water partition coefficient (Wildman–Crippen LogP) is 15.5. The monoisotopic (exact) mass is 828 g/mol. The van der Waals surface area contributed by atoms with Crippen LogP contribution in [0.2, 0.25) is 0 Å². The molecule has 7 nitrogen and oxygen atoms in total. The molecule has 0 radical (unpaired) electrons. The third kappa shape index (κ3) is 46.2. The van der Waals surface area contributed by atoms with Crippen molar-refractivity contribution in [2.24, 2.45) is 0 Å². The van der Waals surface area contributed by atoms with Gasteiger partial charge in [0.2, 0.25) is 5.91 Å². The van der Waals surface area contributed by atoms with E-state index in [1.807, 2.05) is 6.08 Å². The minimum absolute atomic E-state index is 0.221. The zero-order valence-electron chi connectivity index (χ0n) is 38.0. The van der Waals surface area contributed by atoms with Crippen LogP contribution < -0.4 is 5.32 Å². The Morgan fingerprint density at radius 2 is 0.772 bits per heavy atom. The highest BCUT2D eigenvalue weighted by molar-refractivity contribution is 7.46. The van der Waals surface area contributed by atoms with Crippen molar-refractivity contribution in [3.05, 3.63) is 12.2 Å². The maximum absolute atomic E-state index is 12.6. The standard InChI is InChI=1S/C49H98NO6P/c1-3-5-7-9-11-13-15-16-17-18-19-20-21-22-23-24-25-26-27-28-29-30-31-32-33-35-37-39-41-43-45-49(52)50-47(46-56-57(53,54)55)48(51)44-42-40-38-36-34-14-12-10-8-6-4-2/h42,44,47-48,51H,3-41,43,45-46H2,1-2H3,(H,50,52)(H2,53,54,55)/b44-42+/t47-,48+/m0/s1. The van der Waals surface area contributed by atoms with E-state index in [2.05, 4.69) is 23.7 Å². The van der Waals surface area contributed by atoms with Gasteiger partial charge in [-0.05, 0) is 19.3 Å². The fraction of sp³-hybridized carbons (Fsp3) is 0.939. The zero-order valence-corrected chi connectivity index (χ0v) is 38.9. The normalized spacial score (nSPS) is 13.1. The molecule has 0 fully saturated rings. The smallest absolute Gasteiger partial charge is 0.387 e. The molecular formula is C49H98NO6P. The number of aliphatic hydroxyl groups is 1. The molecule has 2 atom stereocenters. The summed E-state index contributed by atoms with van der Waals surface area (Å²) in [5.74, 6) is -0.221. The van der Waals surface area contributed by atoms with Crippen molar-refractivity contribution in [1.29, 1.82) is 0 Å². The molecule has 0 saturated carbocycles. The fourth-order valence-corrected chi connectivity index (χ4v) is 8.29. The van der Waals surface area contributed by atoms with Crippen molar-refractivity contribution in [1.82, 2.24) is 5.32 Å². The van der Waals surface area contributed by atoms with E-state index in [-0.39, 0.29) is 5.91 Å². The van der Waals surface area contributed by atoms with E-state index in [1.54, 1.807) is 6.08 Å². The third-order valence-electron chi connectivity index (χ3n) is 11.7. The highest BCUT2D eigenvalue weighted by atomic mass is 31.2. The number of phosphoric acid groups is 1. The predicted molar refractivity (Wildman–Crippen MR) is 246 cm³/mol. The number of carbonyl (C=O) groups is 1. The molecule has 0 unspecified atom stereocenters. The van der Waals surface area contributed by atoms with Gasteiger partial charge in [0.05, 0.1) is 18.8 Å². The lowest BCUT2D eigenvalue weighted by molar-refractivity contribution is -0.123. The number of amides is 1. The molecule has 8 heteroatoms. The van der Waals surface area contributed by atoms with Crippen molar-refractivity contribution < 1.29 is 28.8 Å². The van der Waals surface area contributed by atoms with Gasteiger partial charge in [0.25, 0.3) is 0 Å². The summed E-state index contributed by atoms with van der Waals surface area (Å²) in [6.45, 7) is 4.08. The zero-order chi connectivity index (χ0) is 41.8. The number of allylic oxidation sites excluding steroid dienone is 1. The lowest BCUT2D eigenvalue weighted by Crippen LogP contribution is -2.45. The Morgan fingerprint density at radius 1 is 0.491 bits per heavy atom. The van der Waals surface area contributed by atoms with Gasteiger partial charge in [-0.2, -0.15) is 0 Å². The van der Waals surface area contributed by atoms with Crippen molar-refractivity contribution in [3.63, 3.8) is 0 Å². The molecule has 0 aliphatic rings. The summed E-state index contributed by atoms with van der Waals surface area (Å²) in [5.41, 5.74) is 0. The van der Waals surface area contributed by atoms with Gasteiger partial charge < -0.3 is 20.2 Å². The molecule has 0 rings (SSSR count). The van der Waals surface area contributed by atoms with Crippen LogP contribution >= 0.6 is 7.82 Å². The molecule has 0 bridgehead atoms. The average Bonchev–Trinajstić information content (AvgIpc) is 3.18. The first-order chi connectivity index (χ1) is 27.8. The summed E-state index contributed by atoms with van der Waals surface area (Å²) < 4.78 is 15.9. The number of unbranched alkanes of at least 4 members (excludes halogenated alkanes) is 38. The Kier molecular flexibility index (Phi) is 44.3. The third-order valence-corrected chi connectivity index (χ3v) is 12.2. The van der Waals surface area contributed by atoms with Gasteiger partial charge in [-0.25, -0.2) is 4.57 Å². The summed E-state index contributed by atoms with van der Waals surface area (Å²) in [6.07, 6.45) is 55.7. The first-order valence-corrected chi connectivity index (χ1v) is 26.7. The summed E-state index contributed by atoms with van der Waals surface area (Å²) in [4.78, 5) is 30.9. The van der Waals surface area contributed by atoms with Crippen LogP contribution in [0.5, 0.6) is 0 Å². The Hall–Kier alpha value is -0.720. The largest absolute Gasteiger partial charge is 0.469 e. The Balaban J connectivity index is 3.66. The molecule has 0 aromatic rings. The Bertz CT molecular complexity index is 895. The van der Waals surface area contributed by atoms with Crippen LogP contribution in [-0.4, -0.2) is 39.6 Å². The second-order valence-electron chi connectivity index (χ2n) is 17.5. The van der Waals surface area contributed by atoms with Gasteiger partial charge in [-0.1, -0.05) is 264 Å². The van der Waals surface area contributed by atoms with Gasteiger partial charge in [-0.15, -0.1) is 0 Å². The molecule has 0 aliphatic carbocycles. The minimum atomic E-state index is -4.71. The maximum atomic E-state index is 12.6. The van der Waals surface area contributed by atoms with E-state index in [0.29, 0.717) is 6.42 Å². The summed E-state index contributed by atoms with van der Waals surface area (Å²) >= 11 is 0. The molecule has 0 aromatic heterocycles. The second kappa shape index (κ2) is 44.8. The van der Waals surface area contributed by atoms with Gasteiger partial charge in [0.1, 0.15) is 0 Å². The van der Waals surface area contributed by atoms with Crippen molar-refractivity contribution in [3.8, 4) is 0 Å². The van der Waals surface area contributed by atoms with E-state index in [1.165, 1.54) is 218 Å². The lowest BCUT2D eigenvalue weighted by atomic mass is 10.0. The Morgan fingerprint density at radius 3 is 1.07 bits per heavy atom. The number of carbonyl (C=O) groups excluding carboxylic acids is 1. The lowest BCUT2D eigenvalue weighted by Gasteiger charge is -2.22. The molecule has 4 N–H and O–H groups in total. The maximum Gasteiger partial charge on any atom is 0.469 e. The van der Waals surface area contributed by atoms with Crippen LogP contribution in [-0.2, 0) is 13.9 Å². The van der Waals surface area contributed by atoms with Crippen molar-refractivity contribution in [2.45, 2.75) is 289 Å². The second-order valence-corrected chi connectivity index (χ2v) is 18.7. The number of phosphoric ester groups is 1. The molecule has 0 heterocycles. The number of hydrogen-bond donors (Lipinski definition) is 4. The van der Waals surface area contributed by atoms with E-state index >= 15 is 0 Å². The van der Waals surface area contributed by atoms with Crippen LogP contribution in [0.3, 0.4) is 0 Å². The van der Waals surface area contributed by atoms with Crippen LogP contribution in [0.4, 0.5) is 0 Å². The van der Waals surface area contributed by atoms with Crippen LogP contribution in [0.1, 0.15) is 277 Å². The molecule has 57 heavy (non-hydrogen) atoms. The van der Waals surface area contributed by atoms with Crippen molar-refractivity contribution >= 4 is 13.7 Å². The minimum Gasteiger partial charge on any atom is -0.387 e. The van der Waals surface area contributed by atoms with Gasteiger partial charge in [0, 0.05) is 6.42 Å². The van der Waals surface area contributed by atoms with Crippen molar-refractivity contribution in [2.75, 3.05) is 6.61 Å². The summed E-state index contributed by atoms with van der Waals surface area (Å²) in [6, 6.07) is -0.905. The molecule has 0 saturated heterocycles. The molecule has 0 aromatic carbocycles. The Labute approximate surface area is 354 Å². The summed E-state index contributed by atoms with van der Waals surface area (Å²) in [7, 11) is -4.71. The van der Waals surface area contributed by atoms with Gasteiger partial charge in [-0.3, -0.25) is 9.32 Å². The van der Waals surface area contributed by atoms with E-state index in [9.17, 15) is 14.5 Å². The quantitative estimate of drug-likeness (QED) is 0.0276. The topological polar surface area (TPSA) is 116 Å². The molecule has 1 amide bonds. The summed E-state index contributed by atoms with van der Waals surface area (Å²) in [5, 5.41) is 13.4. The van der Waals surface area contributed by atoms with E-state index < -0.39 is 26.6 Å². The molecule has 0 aliphatic heterocycles. The van der Waals surface area contributed by atoms with Gasteiger partial charge >= 0.3 is 7.82 Å². The van der Waals surface area contributed by atoms with Crippen LogP contribution in [0.15, 0.2) is 12.2 Å². The van der Waals surface area contributed by atoms with E-state index in [0.717, 1.165) is 38.5 Å². The van der Waals surface area contributed by atoms with E-state index in [4.69, 9.17) is 9.79 Å². The van der Waals surface area contributed by atoms with Crippen LogP contribution in [0, 0.1) is 0 Å². The number of hydrogen-bond acceptors (Lipinski definition) is 4. The fourth-order valence-electron chi connectivity index (χ4n) is 7.93. The van der Waals surface area contributed by atoms with Crippen LogP contribution in [0.25, 0.3) is 0 Å². The number of rotatable bonds is 47. The number of nitrogens with one attached hydrogen (secondary N) is 1. The highest BCUT2D eigenvalue weighted by Crippen LogP contribution is 2.36. The van der Waals surface area contributed by atoms with Gasteiger partial charge in [0.15, 0.2) is 0 Å². The first kappa shape index (κ1) is 56.3. The highest BCUT2D eigenvalue weighted by Gasteiger charge is 2.24. The first-order valence-electron chi connectivity index (χ1n) is 25.1. The SMILES string of the molecule is CCCCCCCCCCC/C=C/[C@@H](O)[C@H](COP(=O)(O)O)NC(=O)CCCCCCCCCCCCCCCCCCCCCCCCCCCCCCCC. The number of aliphatic hydroxyl groups excluding tert-OH is 1.